The highest BCUT2D eigenvalue weighted by atomic mass is 32.2. The monoisotopic (exact) mass is 369 g/mol. The van der Waals surface area contributed by atoms with Crippen molar-refractivity contribution in [2.45, 2.75) is 51.2 Å². The van der Waals surface area contributed by atoms with Crippen LogP contribution in [-0.4, -0.2) is 85.2 Å². The number of aliphatic imine (C=N–C) groups is 1. The Morgan fingerprint density at radius 2 is 1.84 bits per heavy atom. The van der Waals surface area contributed by atoms with Gasteiger partial charge in [-0.15, -0.1) is 0 Å². The van der Waals surface area contributed by atoms with Gasteiger partial charge in [0.2, 0.25) is 0 Å². The predicted molar refractivity (Wildman–Crippen MR) is 112 cm³/mol. The molecular weight excluding hydrogens is 330 g/mol. The molecule has 0 aromatic rings. The molecule has 146 valence electrons. The summed E-state index contributed by atoms with van der Waals surface area (Å²) in [5.41, 5.74) is 0. The highest BCUT2D eigenvalue weighted by molar-refractivity contribution is 8.00. The van der Waals surface area contributed by atoms with E-state index < -0.39 is 0 Å². The van der Waals surface area contributed by atoms with E-state index in [0.29, 0.717) is 4.75 Å². The van der Waals surface area contributed by atoms with Crippen molar-refractivity contribution in [3.63, 3.8) is 0 Å². The fourth-order valence-electron chi connectivity index (χ4n) is 3.55. The topological polar surface area (TPSA) is 42.9 Å². The summed E-state index contributed by atoms with van der Waals surface area (Å²) in [6, 6.07) is 0. The first-order valence-electron chi connectivity index (χ1n) is 10.3. The van der Waals surface area contributed by atoms with Crippen LogP contribution in [0.4, 0.5) is 0 Å². The van der Waals surface area contributed by atoms with E-state index in [1.165, 1.54) is 70.7 Å². The van der Waals surface area contributed by atoms with Crippen LogP contribution >= 0.6 is 11.8 Å². The van der Waals surface area contributed by atoms with Crippen molar-refractivity contribution in [1.82, 2.24) is 20.4 Å². The third-order valence-electron chi connectivity index (χ3n) is 5.32. The molecule has 1 unspecified atom stereocenters. The van der Waals surface area contributed by atoms with Crippen LogP contribution in [0.25, 0.3) is 0 Å². The van der Waals surface area contributed by atoms with Gasteiger partial charge in [0.1, 0.15) is 0 Å². The van der Waals surface area contributed by atoms with Gasteiger partial charge in [0.05, 0.1) is 6.54 Å². The minimum Gasteiger partial charge on any atom is -0.357 e. The molecule has 25 heavy (non-hydrogen) atoms. The lowest BCUT2D eigenvalue weighted by Crippen LogP contribution is -2.46. The van der Waals surface area contributed by atoms with Crippen molar-refractivity contribution in [3.8, 4) is 0 Å². The smallest absolute Gasteiger partial charge is 0.191 e. The highest BCUT2D eigenvalue weighted by Gasteiger charge is 2.29. The van der Waals surface area contributed by atoms with Gasteiger partial charge in [-0.2, -0.15) is 11.8 Å². The zero-order chi connectivity index (χ0) is 18.0. The molecule has 2 fully saturated rings. The van der Waals surface area contributed by atoms with E-state index in [1.54, 1.807) is 0 Å². The SMILES string of the molecule is CCNC(=NCC1(C)CCCS1)NCCCCN1CCN(CC)CC1. The second-order valence-electron chi connectivity index (χ2n) is 7.51. The number of guanidine groups is 1. The van der Waals surface area contributed by atoms with Crippen molar-refractivity contribution in [2.24, 2.45) is 4.99 Å². The maximum Gasteiger partial charge on any atom is 0.191 e. The summed E-state index contributed by atoms with van der Waals surface area (Å²) in [6.45, 7) is 17.0. The van der Waals surface area contributed by atoms with Crippen molar-refractivity contribution >= 4 is 17.7 Å². The molecule has 2 aliphatic rings. The Labute approximate surface area is 159 Å². The fraction of sp³-hybridized carbons (Fsp3) is 0.947. The summed E-state index contributed by atoms with van der Waals surface area (Å²) in [4.78, 5) is 9.99. The maximum atomic E-state index is 4.83. The summed E-state index contributed by atoms with van der Waals surface area (Å²) in [7, 11) is 0. The molecule has 0 aromatic carbocycles. The lowest BCUT2D eigenvalue weighted by atomic mass is 10.1. The van der Waals surface area contributed by atoms with Crippen molar-refractivity contribution in [2.75, 3.05) is 64.7 Å². The van der Waals surface area contributed by atoms with E-state index in [1.807, 2.05) is 0 Å². The van der Waals surface area contributed by atoms with Gasteiger partial charge < -0.3 is 20.4 Å². The number of hydrogen-bond acceptors (Lipinski definition) is 4. The van der Waals surface area contributed by atoms with E-state index in [0.717, 1.165) is 25.6 Å². The van der Waals surface area contributed by atoms with E-state index in [9.17, 15) is 0 Å². The van der Waals surface area contributed by atoms with Gasteiger partial charge in [0, 0.05) is 44.0 Å². The van der Waals surface area contributed by atoms with Gasteiger partial charge >= 0.3 is 0 Å². The van der Waals surface area contributed by atoms with Crippen molar-refractivity contribution in [1.29, 1.82) is 0 Å². The molecule has 0 bridgehead atoms. The standard InChI is InChI=1S/C19H39N5S/c1-4-20-18(22-17-19(3)9-8-16-25-19)21-10-6-7-11-24-14-12-23(5-2)13-15-24/h4-17H2,1-3H3,(H2,20,21,22). The fourth-order valence-corrected chi connectivity index (χ4v) is 4.77. The molecule has 0 spiro atoms. The maximum absolute atomic E-state index is 4.83. The van der Waals surface area contributed by atoms with Crippen LogP contribution < -0.4 is 10.6 Å². The Kier molecular flexibility index (Phi) is 9.42. The number of nitrogens with one attached hydrogen (secondary N) is 2. The molecule has 0 saturated carbocycles. The predicted octanol–water partition coefficient (Wildman–Crippen LogP) is 2.24. The molecule has 0 amide bonds. The Bertz CT molecular complexity index is 387. The Hall–Kier alpha value is -0.460. The molecule has 2 aliphatic heterocycles. The van der Waals surface area contributed by atoms with Gasteiger partial charge in [-0.1, -0.05) is 6.92 Å². The molecule has 1 atom stereocenters. The van der Waals surface area contributed by atoms with Crippen LogP contribution in [0.1, 0.15) is 46.5 Å². The van der Waals surface area contributed by atoms with Gasteiger partial charge in [0.25, 0.3) is 0 Å². The molecule has 5 nitrogen and oxygen atoms in total. The summed E-state index contributed by atoms with van der Waals surface area (Å²) in [6.07, 6.45) is 5.12. The second-order valence-corrected chi connectivity index (χ2v) is 9.19. The van der Waals surface area contributed by atoms with E-state index in [2.05, 4.69) is 53.0 Å². The number of rotatable bonds is 9. The lowest BCUT2D eigenvalue weighted by Gasteiger charge is -2.34. The van der Waals surface area contributed by atoms with Crippen molar-refractivity contribution < 1.29 is 0 Å². The zero-order valence-corrected chi connectivity index (χ0v) is 17.5. The first-order chi connectivity index (χ1) is 12.1. The number of piperazine rings is 1. The third kappa shape index (κ3) is 7.75. The minimum absolute atomic E-state index is 0.350. The minimum atomic E-state index is 0.350. The number of nitrogens with zero attached hydrogens (tertiary/aromatic N) is 3. The number of likely N-dealkylation sites (N-methyl/N-ethyl adjacent to an activating group) is 1. The number of hydrogen-bond donors (Lipinski definition) is 2. The molecule has 0 aliphatic carbocycles. The normalized spacial score (nSPS) is 26.1. The largest absolute Gasteiger partial charge is 0.357 e. The highest BCUT2D eigenvalue weighted by Crippen LogP contribution is 2.37. The average molecular weight is 370 g/mol. The average Bonchev–Trinajstić information content (AvgIpc) is 3.07. The summed E-state index contributed by atoms with van der Waals surface area (Å²) in [5.74, 6) is 2.29. The Balaban J connectivity index is 1.59. The Morgan fingerprint density at radius 1 is 1.08 bits per heavy atom. The van der Waals surface area contributed by atoms with Crippen LogP contribution in [0.15, 0.2) is 4.99 Å². The quantitative estimate of drug-likeness (QED) is 0.371. The van der Waals surface area contributed by atoms with Crippen LogP contribution in [0.3, 0.4) is 0 Å². The molecule has 2 heterocycles. The van der Waals surface area contributed by atoms with Gasteiger partial charge in [-0.25, -0.2) is 0 Å². The lowest BCUT2D eigenvalue weighted by molar-refractivity contribution is 0.136. The van der Waals surface area contributed by atoms with E-state index >= 15 is 0 Å². The number of thioether (sulfide) groups is 1. The van der Waals surface area contributed by atoms with Gasteiger partial charge in [-0.05, 0) is 58.4 Å². The van der Waals surface area contributed by atoms with Crippen molar-refractivity contribution in [3.05, 3.63) is 0 Å². The van der Waals surface area contributed by atoms with E-state index in [-0.39, 0.29) is 0 Å². The summed E-state index contributed by atoms with van der Waals surface area (Å²) < 4.78 is 0.350. The molecule has 0 radical (unpaired) electrons. The van der Waals surface area contributed by atoms with E-state index in [4.69, 9.17) is 4.99 Å². The van der Waals surface area contributed by atoms with Crippen LogP contribution in [0.5, 0.6) is 0 Å². The van der Waals surface area contributed by atoms with Crippen LogP contribution in [-0.2, 0) is 0 Å². The molecule has 2 N–H and O–H groups in total. The first kappa shape index (κ1) is 20.8. The molecule has 6 heteroatoms. The molecule has 2 rings (SSSR count). The van der Waals surface area contributed by atoms with Gasteiger partial charge in [0.15, 0.2) is 5.96 Å². The third-order valence-corrected chi connectivity index (χ3v) is 6.84. The van der Waals surface area contributed by atoms with Crippen LogP contribution in [0, 0.1) is 0 Å². The first-order valence-corrected chi connectivity index (χ1v) is 11.2. The Morgan fingerprint density at radius 3 is 2.48 bits per heavy atom. The van der Waals surface area contributed by atoms with Crippen LogP contribution in [0.2, 0.25) is 0 Å². The molecule has 2 saturated heterocycles. The summed E-state index contributed by atoms with van der Waals surface area (Å²) >= 11 is 2.08. The second kappa shape index (κ2) is 11.3. The summed E-state index contributed by atoms with van der Waals surface area (Å²) in [5, 5.41) is 6.91. The number of unbranched alkanes of at least 4 members (excludes halogenated alkanes) is 1. The molecule has 0 aromatic heterocycles. The molecular formula is C19H39N5S. The zero-order valence-electron chi connectivity index (χ0n) is 16.6. The van der Waals surface area contributed by atoms with Gasteiger partial charge in [-0.3, -0.25) is 4.99 Å².